The third-order valence-electron chi connectivity index (χ3n) is 7.46. The minimum absolute atomic E-state index is 0.0666. The highest BCUT2D eigenvalue weighted by Gasteiger charge is 2.14. The number of nitrogens with zero attached hydrogens (tertiary/aromatic N) is 2. The van der Waals surface area contributed by atoms with Gasteiger partial charge in [0.25, 0.3) is 16.0 Å². The van der Waals surface area contributed by atoms with E-state index in [0.29, 0.717) is 22.6 Å². The van der Waals surface area contributed by atoms with Crippen LogP contribution in [0.1, 0.15) is 15.9 Å². The summed E-state index contributed by atoms with van der Waals surface area (Å²) in [5.41, 5.74) is 20.0. The number of hydrogen-bond donors (Lipinski definition) is 6. The number of nitrogen functional groups attached to an aromatic ring is 2. The number of rotatable bonds is 7. The molecule has 0 saturated heterocycles. The van der Waals surface area contributed by atoms with Gasteiger partial charge in [-0.05, 0) is 73.7 Å². The van der Waals surface area contributed by atoms with Crippen LogP contribution in [0.3, 0.4) is 0 Å². The Bertz CT molecular complexity index is 2190. The molecule has 2 heterocycles. The molecule has 8 N–H and O–H groups in total. The largest absolute Gasteiger partial charge is 0.399 e. The number of nitrogens with one attached hydrogen (secondary N) is 3. The van der Waals surface area contributed by atoms with Crippen LogP contribution in [-0.2, 0) is 24.2 Å². The molecule has 11 nitrogen and oxygen atoms in total. The number of fused-ring (bicyclic) bond motifs is 1. The second-order valence-corrected chi connectivity index (χ2v) is 12.7. The topological polar surface area (TPSA) is 167 Å². The van der Waals surface area contributed by atoms with Crippen LogP contribution in [0.2, 0.25) is 0 Å². The van der Waals surface area contributed by atoms with Crippen molar-refractivity contribution in [1.29, 1.82) is 0 Å². The highest BCUT2D eigenvalue weighted by molar-refractivity contribution is 7.85. The van der Waals surface area contributed by atoms with Crippen LogP contribution in [-0.4, -0.2) is 18.9 Å². The monoisotopic (exact) mass is 663 g/mol. The van der Waals surface area contributed by atoms with Crippen LogP contribution in [0, 0.1) is 6.92 Å². The maximum absolute atomic E-state index is 12.9. The molecule has 244 valence electrons. The van der Waals surface area contributed by atoms with E-state index in [1.807, 2.05) is 115 Å². The van der Waals surface area contributed by atoms with E-state index < -0.39 is 10.1 Å². The number of anilines is 7. The van der Waals surface area contributed by atoms with E-state index in [0.717, 1.165) is 39.2 Å². The van der Waals surface area contributed by atoms with Crippen molar-refractivity contribution >= 4 is 66.7 Å². The fourth-order valence-corrected chi connectivity index (χ4v) is 5.32. The SMILES string of the molecule is C[n+]1ccc(Nc2ccc(NC(=O)c3ccc(Nc4cc[n+](C)c5ccc(N)cc45)cc3N)cc2)cc1.Cc1ccc(S(=O)(=O)O)cc1. The first-order valence-electron chi connectivity index (χ1n) is 14.9. The van der Waals surface area contributed by atoms with Crippen molar-refractivity contribution in [2.24, 2.45) is 14.1 Å². The van der Waals surface area contributed by atoms with Crippen LogP contribution < -0.4 is 36.6 Å². The molecule has 2 aromatic heterocycles. The Morgan fingerprint density at radius 3 is 1.98 bits per heavy atom. The summed E-state index contributed by atoms with van der Waals surface area (Å²) in [7, 11) is -0.0605. The predicted molar refractivity (Wildman–Crippen MR) is 190 cm³/mol. The molecule has 0 radical (unpaired) electrons. The standard InChI is InChI=1S/C29H27N7O.C7H8O3S/c1-35-14-11-22(12-15-35)32-20-4-6-21(7-5-20)34-29(37)24-9-8-23(18-26(24)31)33-27-13-16-36(2)28-10-3-19(30)17-25(27)28;1-6-2-4-7(5-3-6)11(8,9)10/h3-18H,30H2,1-2H3,(H3,31,34,37);2-5H,1H3,(H,8,9,10)/p+2. The summed E-state index contributed by atoms with van der Waals surface area (Å²) in [6.07, 6.45) is 5.92. The van der Waals surface area contributed by atoms with Crippen molar-refractivity contribution in [3.8, 4) is 0 Å². The zero-order valence-electron chi connectivity index (χ0n) is 26.7. The van der Waals surface area contributed by atoms with Crippen molar-refractivity contribution in [2.45, 2.75) is 11.8 Å². The van der Waals surface area contributed by atoms with E-state index in [-0.39, 0.29) is 10.8 Å². The maximum Gasteiger partial charge on any atom is 0.294 e. The van der Waals surface area contributed by atoms with Gasteiger partial charge in [-0.1, -0.05) is 17.7 Å². The van der Waals surface area contributed by atoms with Crippen molar-refractivity contribution in [3.63, 3.8) is 0 Å². The van der Waals surface area contributed by atoms with Crippen molar-refractivity contribution in [3.05, 3.63) is 133 Å². The summed E-state index contributed by atoms with van der Waals surface area (Å²) >= 11 is 0. The van der Waals surface area contributed by atoms with Gasteiger partial charge in [-0.25, -0.2) is 9.13 Å². The zero-order valence-corrected chi connectivity index (χ0v) is 27.5. The molecule has 0 unspecified atom stereocenters. The predicted octanol–water partition coefficient (Wildman–Crippen LogP) is 5.63. The minimum atomic E-state index is -4.02. The van der Waals surface area contributed by atoms with Crippen molar-refractivity contribution < 1.29 is 26.9 Å². The molecule has 0 spiro atoms. The lowest BCUT2D eigenvalue weighted by atomic mass is 10.1. The molecular weight excluding hydrogens is 627 g/mol. The van der Waals surface area contributed by atoms with Crippen LogP contribution in [0.25, 0.3) is 10.9 Å². The molecule has 0 aliphatic rings. The van der Waals surface area contributed by atoms with Gasteiger partial charge in [0.05, 0.1) is 27.2 Å². The maximum atomic E-state index is 12.9. The van der Waals surface area contributed by atoms with Gasteiger partial charge in [-0.3, -0.25) is 9.35 Å². The molecular formula is C36H37N7O4S+2. The number of hydrogen-bond acceptors (Lipinski definition) is 7. The Labute approximate surface area is 279 Å². The molecule has 6 aromatic rings. The Hall–Kier alpha value is -5.98. The normalized spacial score (nSPS) is 10.9. The Kier molecular flexibility index (Phi) is 9.88. The summed E-state index contributed by atoms with van der Waals surface area (Å²) < 4.78 is 33.6. The smallest absolute Gasteiger partial charge is 0.294 e. The number of pyridine rings is 2. The molecule has 0 fully saturated rings. The lowest BCUT2D eigenvalue weighted by molar-refractivity contribution is -0.671. The van der Waals surface area contributed by atoms with Crippen LogP contribution >= 0.6 is 0 Å². The summed E-state index contributed by atoms with van der Waals surface area (Å²) in [6, 6.07) is 30.6. The highest BCUT2D eigenvalue weighted by atomic mass is 32.2. The number of carbonyl (C=O) groups is 1. The number of carbonyl (C=O) groups excluding carboxylic acids is 1. The molecule has 4 aromatic carbocycles. The average Bonchev–Trinajstić information content (AvgIpc) is 3.04. The van der Waals surface area contributed by atoms with Gasteiger partial charge in [-0.15, -0.1) is 0 Å². The van der Waals surface area contributed by atoms with Crippen molar-refractivity contribution in [2.75, 3.05) is 27.4 Å². The Morgan fingerprint density at radius 1 is 0.708 bits per heavy atom. The van der Waals surface area contributed by atoms with E-state index in [1.165, 1.54) is 12.1 Å². The number of amides is 1. The molecule has 0 aliphatic heterocycles. The van der Waals surface area contributed by atoms with E-state index in [1.54, 1.807) is 24.3 Å². The lowest BCUT2D eigenvalue weighted by Gasteiger charge is -2.13. The number of nitrogens with two attached hydrogens (primary N) is 2. The van der Waals surface area contributed by atoms with Crippen molar-refractivity contribution in [1.82, 2.24) is 0 Å². The first-order chi connectivity index (χ1) is 22.9. The minimum Gasteiger partial charge on any atom is -0.399 e. The van der Waals surface area contributed by atoms with E-state index in [9.17, 15) is 13.2 Å². The third-order valence-corrected chi connectivity index (χ3v) is 8.33. The molecule has 48 heavy (non-hydrogen) atoms. The van der Waals surface area contributed by atoms with Gasteiger partial charge >= 0.3 is 0 Å². The van der Waals surface area contributed by atoms with E-state index in [4.69, 9.17) is 16.0 Å². The summed E-state index contributed by atoms with van der Waals surface area (Å²) in [5, 5.41) is 10.6. The molecule has 6 rings (SSSR count). The number of benzene rings is 4. The summed E-state index contributed by atoms with van der Waals surface area (Å²) in [4.78, 5) is 12.8. The summed E-state index contributed by atoms with van der Waals surface area (Å²) in [5.74, 6) is -0.273. The quantitative estimate of drug-likeness (QED) is 0.0726. The lowest BCUT2D eigenvalue weighted by Crippen LogP contribution is -2.28. The fraction of sp³-hybridized carbons (Fsp3) is 0.0833. The Morgan fingerprint density at radius 2 is 1.33 bits per heavy atom. The van der Waals surface area contributed by atoms with Gasteiger partial charge in [0.1, 0.15) is 14.1 Å². The molecule has 12 heteroatoms. The fourth-order valence-electron chi connectivity index (χ4n) is 4.84. The van der Waals surface area contributed by atoms with Gasteiger partial charge in [0.2, 0.25) is 5.52 Å². The number of aromatic nitrogens is 2. The van der Waals surface area contributed by atoms with Gasteiger partial charge in [-0.2, -0.15) is 8.42 Å². The summed E-state index contributed by atoms with van der Waals surface area (Å²) in [6.45, 7) is 1.84. The molecule has 0 atom stereocenters. The molecule has 1 amide bonds. The van der Waals surface area contributed by atoms with Gasteiger partial charge in [0, 0.05) is 52.7 Å². The van der Waals surface area contributed by atoms with Gasteiger partial charge < -0.3 is 27.4 Å². The second kappa shape index (κ2) is 14.2. The first-order valence-corrected chi connectivity index (χ1v) is 16.3. The van der Waals surface area contributed by atoms with Crippen LogP contribution in [0.5, 0.6) is 0 Å². The molecule has 0 bridgehead atoms. The first kappa shape index (κ1) is 33.4. The third kappa shape index (κ3) is 8.43. The molecule has 0 saturated carbocycles. The van der Waals surface area contributed by atoms with E-state index >= 15 is 0 Å². The average molecular weight is 664 g/mol. The van der Waals surface area contributed by atoms with Crippen LogP contribution in [0.4, 0.5) is 39.8 Å². The van der Waals surface area contributed by atoms with E-state index in [2.05, 4.69) is 16.0 Å². The second-order valence-electron chi connectivity index (χ2n) is 11.2. The zero-order chi connectivity index (χ0) is 34.4. The highest BCUT2D eigenvalue weighted by Crippen LogP contribution is 2.28. The molecule has 0 aliphatic carbocycles. The Balaban J connectivity index is 0.000000349. The number of aryl methyl sites for hydroxylation is 3. The van der Waals surface area contributed by atoms with Crippen LogP contribution in [0.15, 0.2) is 127 Å². The van der Waals surface area contributed by atoms with Gasteiger partial charge in [0.15, 0.2) is 18.6 Å².